The Morgan fingerprint density at radius 3 is 1.90 bits per heavy atom. The van der Waals surface area contributed by atoms with Crippen molar-refractivity contribution in [2.75, 3.05) is 13.7 Å². The molecule has 0 aromatic carbocycles. The quantitative estimate of drug-likeness (QED) is 0.596. The van der Waals surface area contributed by atoms with Crippen molar-refractivity contribution in [3.8, 4) is 0 Å². The number of carbonyl (C=O) groups excluding carboxylic acids is 2. The van der Waals surface area contributed by atoms with E-state index in [0.29, 0.717) is 0 Å². The number of alkyl halides is 8. The maximum absolute atomic E-state index is 12.9. The van der Waals surface area contributed by atoms with Crippen LogP contribution in [0.2, 0.25) is 0 Å². The van der Waals surface area contributed by atoms with Crippen molar-refractivity contribution < 1.29 is 49.4 Å². The zero-order valence-corrected chi connectivity index (χ0v) is 9.53. The lowest BCUT2D eigenvalue weighted by Crippen LogP contribution is -2.63. The number of ether oxygens (including phenoxy) is 1. The summed E-state index contributed by atoms with van der Waals surface area (Å²) in [6.07, 6.45) is -5.13. The minimum atomic E-state index is -6.66. The number of hydrogen-bond acceptors (Lipinski definition) is 3. The Kier molecular flexibility index (Phi) is 5.32. The summed E-state index contributed by atoms with van der Waals surface area (Å²) in [4.78, 5) is 21.1. The maximum atomic E-state index is 12.9. The highest BCUT2D eigenvalue weighted by atomic mass is 19.4. The van der Waals surface area contributed by atoms with E-state index in [1.165, 1.54) is 0 Å². The molecule has 0 saturated carbocycles. The van der Waals surface area contributed by atoms with Crippen molar-refractivity contribution in [2.24, 2.45) is 0 Å². The smallest absolute Gasteiger partial charge is 0.392 e. The zero-order valence-electron chi connectivity index (χ0n) is 9.53. The standard InChI is InChI=1S/C8H7F8NO3/c1-20-3(18)2-17-5(19)7(13,14)8(15,16)6(11,12)4(9)10/h4H,2H2,1H3,(H,17,19). The fourth-order valence-corrected chi connectivity index (χ4v) is 0.825. The topological polar surface area (TPSA) is 55.4 Å². The van der Waals surface area contributed by atoms with Crippen LogP contribution in [0.3, 0.4) is 0 Å². The van der Waals surface area contributed by atoms with Crippen molar-refractivity contribution in [3.05, 3.63) is 0 Å². The Labute approximate surface area is 106 Å². The molecule has 0 fully saturated rings. The summed E-state index contributed by atoms with van der Waals surface area (Å²) in [5, 5.41) is 0.869. The van der Waals surface area contributed by atoms with Gasteiger partial charge in [-0.2, -0.15) is 26.3 Å². The fraction of sp³-hybridized carbons (Fsp3) is 0.750. The van der Waals surface area contributed by atoms with Crippen LogP contribution in [-0.4, -0.2) is 49.7 Å². The lowest BCUT2D eigenvalue weighted by atomic mass is 10.0. The normalized spacial score (nSPS) is 13.3. The van der Waals surface area contributed by atoms with Crippen LogP contribution in [0, 0.1) is 0 Å². The number of halogens is 8. The summed E-state index contributed by atoms with van der Waals surface area (Å²) >= 11 is 0. The third-order valence-corrected chi connectivity index (χ3v) is 1.99. The number of nitrogens with one attached hydrogen (secondary N) is 1. The van der Waals surface area contributed by atoms with Gasteiger partial charge in [0.15, 0.2) is 0 Å². The highest BCUT2D eigenvalue weighted by molar-refractivity contribution is 5.87. The lowest BCUT2D eigenvalue weighted by molar-refractivity contribution is -0.327. The molecule has 0 radical (unpaired) electrons. The van der Waals surface area contributed by atoms with Gasteiger partial charge >= 0.3 is 30.2 Å². The molecule has 0 aromatic heterocycles. The summed E-state index contributed by atoms with van der Waals surface area (Å²) in [5.41, 5.74) is 0. The molecule has 4 nitrogen and oxygen atoms in total. The van der Waals surface area contributed by atoms with E-state index in [4.69, 9.17) is 0 Å². The van der Waals surface area contributed by atoms with Gasteiger partial charge in [0.25, 0.3) is 5.91 Å². The monoisotopic (exact) mass is 317 g/mol. The SMILES string of the molecule is COC(=O)CNC(=O)C(F)(F)C(F)(F)C(F)(F)C(F)F. The zero-order chi connectivity index (χ0) is 16.4. The molecule has 0 unspecified atom stereocenters. The molecule has 1 N–H and O–H groups in total. The summed E-state index contributed by atoms with van der Waals surface area (Å²) in [7, 11) is 0.756. The fourth-order valence-electron chi connectivity index (χ4n) is 0.825. The van der Waals surface area contributed by atoms with Crippen LogP contribution in [0.15, 0.2) is 0 Å². The van der Waals surface area contributed by atoms with Gasteiger partial charge in [-0.3, -0.25) is 9.59 Å². The molecule has 0 aliphatic rings. The summed E-state index contributed by atoms with van der Waals surface area (Å²) in [6, 6.07) is 0. The number of methoxy groups -OCH3 is 1. The molecule has 0 saturated heterocycles. The number of rotatable bonds is 6. The van der Waals surface area contributed by atoms with Crippen molar-refractivity contribution in [1.29, 1.82) is 0 Å². The van der Waals surface area contributed by atoms with E-state index in [2.05, 4.69) is 4.74 Å². The predicted molar refractivity (Wildman–Crippen MR) is 45.9 cm³/mol. The van der Waals surface area contributed by atoms with Crippen LogP contribution in [0.4, 0.5) is 35.1 Å². The minimum absolute atomic E-state index is 0.756. The third-order valence-electron chi connectivity index (χ3n) is 1.99. The van der Waals surface area contributed by atoms with E-state index < -0.39 is 42.6 Å². The molecular formula is C8H7F8NO3. The van der Waals surface area contributed by atoms with Gasteiger partial charge in [-0.15, -0.1) is 0 Å². The second kappa shape index (κ2) is 5.79. The van der Waals surface area contributed by atoms with Crippen molar-refractivity contribution >= 4 is 11.9 Å². The highest BCUT2D eigenvalue weighted by Crippen LogP contribution is 2.48. The molecule has 1 amide bonds. The van der Waals surface area contributed by atoms with Crippen LogP contribution >= 0.6 is 0 Å². The molecule has 0 atom stereocenters. The molecule has 118 valence electrons. The van der Waals surface area contributed by atoms with Gasteiger partial charge in [-0.25, -0.2) is 8.78 Å². The van der Waals surface area contributed by atoms with Gasteiger partial charge < -0.3 is 10.1 Å². The van der Waals surface area contributed by atoms with Crippen molar-refractivity contribution in [3.63, 3.8) is 0 Å². The summed E-state index contributed by atoms with van der Waals surface area (Å²) < 4.78 is 103. The van der Waals surface area contributed by atoms with Gasteiger partial charge in [-0.1, -0.05) is 0 Å². The maximum Gasteiger partial charge on any atom is 0.392 e. The Morgan fingerprint density at radius 1 is 1.10 bits per heavy atom. The van der Waals surface area contributed by atoms with Crippen LogP contribution < -0.4 is 5.32 Å². The average Bonchev–Trinajstić information content (AvgIpc) is 2.34. The van der Waals surface area contributed by atoms with Crippen molar-refractivity contribution in [2.45, 2.75) is 24.2 Å². The predicted octanol–water partition coefficient (Wildman–Crippen LogP) is 1.45. The van der Waals surface area contributed by atoms with Gasteiger partial charge in [0, 0.05) is 0 Å². The number of amides is 1. The van der Waals surface area contributed by atoms with Gasteiger partial charge in [0.05, 0.1) is 7.11 Å². The number of hydrogen-bond donors (Lipinski definition) is 1. The molecular weight excluding hydrogens is 310 g/mol. The molecule has 0 aliphatic heterocycles. The Bertz CT molecular complexity index is 384. The largest absolute Gasteiger partial charge is 0.468 e. The third kappa shape index (κ3) is 3.10. The van der Waals surface area contributed by atoms with Gasteiger partial charge in [0.1, 0.15) is 6.54 Å². The van der Waals surface area contributed by atoms with E-state index in [1.807, 2.05) is 0 Å². The van der Waals surface area contributed by atoms with Crippen LogP contribution in [0.1, 0.15) is 0 Å². The second-order valence-electron chi connectivity index (χ2n) is 3.33. The Balaban J connectivity index is 5.20. The first-order chi connectivity index (χ1) is 8.82. The molecule has 0 aliphatic carbocycles. The average molecular weight is 317 g/mol. The van der Waals surface area contributed by atoms with Crippen molar-refractivity contribution in [1.82, 2.24) is 5.32 Å². The Hall–Kier alpha value is -1.62. The van der Waals surface area contributed by atoms with Crippen LogP contribution in [-0.2, 0) is 14.3 Å². The molecule has 0 heterocycles. The molecule has 0 rings (SSSR count). The highest BCUT2D eigenvalue weighted by Gasteiger charge is 2.78. The minimum Gasteiger partial charge on any atom is -0.468 e. The molecule has 0 spiro atoms. The van der Waals surface area contributed by atoms with Gasteiger partial charge in [0.2, 0.25) is 0 Å². The summed E-state index contributed by atoms with van der Waals surface area (Å²) in [6.45, 7) is -1.33. The first kappa shape index (κ1) is 18.4. The molecule has 0 bridgehead atoms. The van der Waals surface area contributed by atoms with Crippen LogP contribution in [0.25, 0.3) is 0 Å². The Morgan fingerprint density at radius 2 is 1.55 bits per heavy atom. The van der Waals surface area contributed by atoms with Crippen LogP contribution in [0.5, 0.6) is 0 Å². The molecule has 20 heavy (non-hydrogen) atoms. The number of esters is 1. The summed E-state index contributed by atoms with van der Waals surface area (Å²) in [5.74, 6) is -23.6. The van der Waals surface area contributed by atoms with E-state index in [9.17, 15) is 44.7 Å². The number of carbonyl (C=O) groups is 2. The first-order valence-corrected chi connectivity index (χ1v) is 4.59. The molecule has 12 heteroatoms. The van der Waals surface area contributed by atoms with Gasteiger partial charge in [-0.05, 0) is 0 Å². The molecule has 0 aromatic rings. The lowest BCUT2D eigenvalue weighted by Gasteiger charge is -2.31. The van der Waals surface area contributed by atoms with E-state index in [1.54, 1.807) is 0 Å². The van der Waals surface area contributed by atoms with E-state index in [-0.39, 0.29) is 0 Å². The second-order valence-corrected chi connectivity index (χ2v) is 3.33. The first-order valence-electron chi connectivity index (χ1n) is 4.59. The van der Waals surface area contributed by atoms with E-state index in [0.717, 1.165) is 12.4 Å². The van der Waals surface area contributed by atoms with E-state index >= 15 is 0 Å².